The van der Waals surface area contributed by atoms with E-state index in [-0.39, 0.29) is 22.6 Å². The van der Waals surface area contributed by atoms with Crippen LogP contribution in [-0.2, 0) is 0 Å². The molecule has 0 aliphatic heterocycles. The van der Waals surface area contributed by atoms with E-state index < -0.39 is 6.43 Å². The molecule has 0 radical (unpaired) electrons. The van der Waals surface area contributed by atoms with Crippen LogP contribution in [0, 0.1) is 18.3 Å². The monoisotopic (exact) mass is 198 g/mol. The Bertz CT molecular complexity index is 385. The van der Waals surface area contributed by atoms with Gasteiger partial charge in [0.25, 0.3) is 6.43 Å². The van der Waals surface area contributed by atoms with Gasteiger partial charge in [0.2, 0.25) is 0 Å². The van der Waals surface area contributed by atoms with Crippen LogP contribution in [0.15, 0.2) is 6.20 Å². The van der Waals surface area contributed by atoms with Gasteiger partial charge >= 0.3 is 0 Å². The van der Waals surface area contributed by atoms with Crippen molar-refractivity contribution in [2.24, 2.45) is 0 Å². The number of nitrogens with zero attached hydrogens (tertiary/aromatic N) is 2. The molecule has 0 aromatic carbocycles. The molecule has 1 aromatic heterocycles. The summed E-state index contributed by atoms with van der Waals surface area (Å²) in [6.07, 6.45) is -1.47. The molecule has 1 heterocycles. The highest BCUT2D eigenvalue weighted by Gasteiger charge is 2.20. The van der Waals surface area contributed by atoms with Gasteiger partial charge in [-0.2, -0.15) is 5.26 Å². The molecule has 1 rings (SSSR count). The molecule has 0 unspecified atom stereocenters. The first kappa shape index (κ1) is 10.4. The van der Waals surface area contributed by atoms with E-state index in [1.165, 1.54) is 20.2 Å². The van der Waals surface area contributed by atoms with E-state index in [1.54, 1.807) is 6.07 Å². The normalized spacial score (nSPS) is 10.0. The van der Waals surface area contributed by atoms with Crippen LogP contribution < -0.4 is 4.74 Å². The fraction of sp³-hybridized carbons (Fsp3) is 0.333. The van der Waals surface area contributed by atoms with Crippen LogP contribution in [0.25, 0.3) is 0 Å². The Balaban J connectivity index is 3.45. The second kappa shape index (κ2) is 4.01. The van der Waals surface area contributed by atoms with Gasteiger partial charge in [-0.05, 0) is 6.92 Å². The van der Waals surface area contributed by atoms with Gasteiger partial charge in [0.15, 0.2) is 0 Å². The van der Waals surface area contributed by atoms with Crippen LogP contribution in [0.4, 0.5) is 8.78 Å². The van der Waals surface area contributed by atoms with Crippen molar-refractivity contribution in [2.75, 3.05) is 7.11 Å². The van der Waals surface area contributed by atoms with E-state index in [0.717, 1.165) is 0 Å². The van der Waals surface area contributed by atoms with Crippen LogP contribution in [0.2, 0.25) is 0 Å². The minimum Gasteiger partial charge on any atom is -0.495 e. The molecular weight excluding hydrogens is 190 g/mol. The molecule has 0 N–H and O–H groups in total. The highest BCUT2D eigenvalue weighted by atomic mass is 19.3. The van der Waals surface area contributed by atoms with E-state index in [4.69, 9.17) is 10.00 Å². The Kier molecular flexibility index (Phi) is 2.97. The van der Waals surface area contributed by atoms with Crippen LogP contribution in [-0.4, -0.2) is 12.1 Å². The Morgan fingerprint density at radius 2 is 2.21 bits per heavy atom. The Morgan fingerprint density at radius 1 is 1.57 bits per heavy atom. The zero-order valence-electron chi connectivity index (χ0n) is 7.71. The number of rotatable bonds is 2. The number of nitriles is 1. The van der Waals surface area contributed by atoms with Gasteiger partial charge < -0.3 is 4.74 Å². The quantitative estimate of drug-likeness (QED) is 0.731. The van der Waals surface area contributed by atoms with Gasteiger partial charge in [-0.15, -0.1) is 0 Å². The molecule has 0 saturated heterocycles. The number of alkyl halides is 2. The maximum atomic E-state index is 12.6. The third kappa shape index (κ3) is 1.64. The first-order valence-electron chi connectivity index (χ1n) is 3.83. The van der Waals surface area contributed by atoms with Gasteiger partial charge in [-0.25, -0.2) is 8.78 Å². The summed E-state index contributed by atoms with van der Waals surface area (Å²) in [5.41, 5.74) is -0.115. The molecule has 0 aliphatic carbocycles. The molecule has 0 spiro atoms. The van der Waals surface area contributed by atoms with Crippen molar-refractivity contribution < 1.29 is 13.5 Å². The predicted molar refractivity (Wildman–Crippen MR) is 45.2 cm³/mol. The highest BCUT2D eigenvalue weighted by molar-refractivity contribution is 5.49. The fourth-order valence-corrected chi connectivity index (χ4v) is 1.16. The molecule has 5 heteroatoms. The molecule has 3 nitrogen and oxygen atoms in total. The van der Waals surface area contributed by atoms with Gasteiger partial charge in [0.1, 0.15) is 17.4 Å². The number of halogens is 2. The molecule has 74 valence electrons. The van der Waals surface area contributed by atoms with Crippen LogP contribution >= 0.6 is 0 Å². The van der Waals surface area contributed by atoms with Crippen LogP contribution in [0.5, 0.6) is 5.75 Å². The molecule has 0 saturated carbocycles. The Labute approximate surface area is 79.9 Å². The van der Waals surface area contributed by atoms with E-state index in [2.05, 4.69) is 4.98 Å². The fourth-order valence-electron chi connectivity index (χ4n) is 1.16. The number of hydrogen-bond donors (Lipinski definition) is 0. The number of ether oxygens (including phenoxy) is 1. The summed E-state index contributed by atoms with van der Waals surface area (Å²) < 4.78 is 29.9. The third-order valence-electron chi connectivity index (χ3n) is 1.81. The third-order valence-corrected chi connectivity index (χ3v) is 1.81. The van der Waals surface area contributed by atoms with Crippen molar-refractivity contribution in [3.05, 3.63) is 23.0 Å². The molecule has 14 heavy (non-hydrogen) atoms. The van der Waals surface area contributed by atoms with E-state index >= 15 is 0 Å². The van der Waals surface area contributed by atoms with Crippen molar-refractivity contribution in [1.29, 1.82) is 5.26 Å². The SMILES string of the molecule is COc1c(C#N)cnc(C)c1C(F)F. The Morgan fingerprint density at radius 3 is 2.64 bits per heavy atom. The minimum atomic E-state index is -2.69. The minimum absolute atomic E-state index is 0.0217. The zero-order valence-corrected chi connectivity index (χ0v) is 7.71. The van der Waals surface area contributed by atoms with Crippen molar-refractivity contribution in [3.63, 3.8) is 0 Å². The zero-order chi connectivity index (χ0) is 10.7. The lowest BCUT2D eigenvalue weighted by Crippen LogP contribution is -2.01. The first-order valence-corrected chi connectivity index (χ1v) is 3.83. The largest absolute Gasteiger partial charge is 0.495 e. The van der Waals surface area contributed by atoms with Crippen molar-refractivity contribution in [2.45, 2.75) is 13.3 Å². The second-order valence-corrected chi connectivity index (χ2v) is 2.62. The molecule has 1 aromatic rings. The second-order valence-electron chi connectivity index (χ2n) is 2.62. The predicted octanol–water partition coefficient (Wildman–Crippen LogP) is 2.21. The molecule has 0 fully saturated rings. The summed E-state index contributed by atoms with van der Waals surface area (Å²) in [5, 5.41) is 8.63. The maximum Gasteiger partial charge on any atom is 0.269 e. The van der Waals surface area contributed by atoms with Crippen LogP contribution in [0.1, 0.15) is 23.2 Å². The standard InChI is InChI=1S/C9H8F2N2O/c1-5-7(9(10)11)8(14-2)6(3-12)4-13-5/h4,9H,1-2H3. The van der Waals surface area contributed by atoms with E-state index in [0.29, 0.717) is 0 Å². The number of pyridine rings is 1. The summed E-state index contributed by atoms with van der Waals surface area (Å²) in [7, 11) is 1.25. The lowest BCUT2D eigenvalue weighted by atomic mass is 10.1. The van der Waals surface area contributed by atoms with Gasteiger partial charge in [-0.1, -0.05) is 0 Å². The van der Waals surface area contributed by atoms with Gasteiger partial charge in [0, 0.05) is 11.9 Å². The Hall–Kier alpha value is -1.70. The summed E-state index contributed by atoms with van der Waals surface area (Å²) in [6.45, 7) is 1.45. The molecular formula is C9H8F2N2O. The lowest BCUT2D eigenvalue weighted by Gasteiger charge is -2.10. The van der Waals surface area contributed by atoms with Crippen molar-refractivity contribution in [1.82, 2.24) is 4.98 Å². The molecule has 0 amide bonds. The first-order chi connectivity index (χ1) is 6.61. The number of aromatic nitrogens is 1. The topological polar surface area (TPSA) is 45.9 Å². The molecule has 0 aliphatic rings. The summed E-state index contributed by atoms with van der Waals surface area (Å²) in [4.78, 5) is 3.70. The van der Waals surface area contributed by atoms with Gasteiger partial charge in [0.05, 0.1) is 12.7 Å². The maximum absolute atomic E-state index is 12.6. The molecule has 0 bridgehead atoms. The lowest BCUT2D eigenvalue weighted by molar-refractivity contribution is 0.145. The van der Waals surface area contributed by atoms with Gasteiger partial charge in [-0.3, -0.25) is 4.98 Å². The summed E-state index contributed by atoms with van der Waals surface area (Å²) >= 11 is 0. The summed E-state index contributed by atoms with van der Waals surface area (Å²) in [6, 6.07) is 1.75. The van der Waals surface area contributed by atoms with Crippen molar-refractivity contribution in [3.8, 4) is 11.8 Å². The number of methoxy groups -OCH3 is 1. The average molecular weight is 198 g/mol. The van der Waals surface area contributed by atoms with E-state index in [1.807, 2.05) is 0 Å². The smallest absolute Gasteiger partial charge is 0.269 e. The highest BCUT2D eigenvalue weighted by Crippen LogP contribution is 2.33. The van der Waals surface area contributed by atoms with Crippen LogP contribution in [0.3, 0.4) is 0 Å². The summed E-state index contributed by atoms with van der Waals surface area (Å²) in [5.74, 6) is -0.0880. The number of aryl methyl sites for hydroxylation is 1. The number of hydrogen-bond acceptors (Lipinski definition) is 3. The van der Waals surface area contributed by atoms with Crippen molar-refractivity contribution >= 4 is 0 Å². The average Bonchev–Trinajstić information content (AvgIpc) is 2.16. The molecule has 0 atom stereocenters. The van der Waals surface area contributed by atoms with E-state index in [9.17, 15) is 8.78 Å².